The fourth-order valence-electron chi connectivity index (χ4n) is 2.26. The number of aliphatic hydroxyl groups excluding tert-OH is 1. The van der Waals surface area contributed by atoms with Crippen LogP contribution in [0.15, 0.2) is 30.3 Å². The number of fused-ring (bicyclic) bond motifs is 1. The van der Waals surface area contributed by atoms with Gasteiger partial charge in [-0.1, -0.05) is 11.6 Å². The predicted octanol–water partition coefficient (Wildman–Crippen LogP) is 3.16. The molecule has 3 rings (SSSR count). The summed E-state index contributed by atoms with van der Waals surface area (Å²) in [5, 5.41) is 18.0. The molecule has 2 N–H and O–H groups in total. The topological polar surface area (TPSA) is 67.2 Å². The molecule has 1 unspecified atom stereocenters. The first-order valence-corrected chi connectivity index (χ1v) is 8.36. The predicted molar refractivity (Wildman–Crippen MR) is 92.7 cm³/mol. The molecule has 3 aromatic rings. The molecule has 7 heteroatoms. The van der Waals surface area contributed by atoms with E-state index in [0.29, 0.717) is 9.90 Å². The second-order valence-corrected chi connectivity index (χ2v) is 6.83. The summed E-state index contributed by atoms with van der Waals surface area (Å²) in [7, 11) is 0. The van der Waals surface area contributed by atoms with E-state index in [9.17, 15) is 4.79 Å². The molecule has 0 radical (unpaired) electrons. The maximum atomic E-state index is 12.2. The van der Waals surface area contributed by atoms with Crippen molar-refractivity contribution >= 4 is 39.1 Å². The van der Waals surface area contributed by atoms with Crippen LogP contribution in [0, 0.1) is 6.92 Å². The Morgan fingerprint density at radius 2 is 2.13 bits per heavy atom. The molecule has 5 nitrogen and oxygen atoms in total. The van der Waals surface area contributed by atoms with E-state index in [2.05, 4.69) is 10.4 Å². The molecule has 2 aromatic heterocycles. The van der Waals surface area contributed by atoms with Crippen LogP contribution in [0.2, 0.25) is 5.02 Å². The van der Waals surface area contributed by atoms with Gasteiger partial charge in [-0.25, -0.2) is 4.68 Å². The number of halogens is 1. The van der Waals surface area contributed by atoms with Crippen LogP contribution in [0.5, 0.6) is 0 Å². The third-order valence-electron chi connectivity index (χ3n) is 3.49. The van der Waals surface area contributed by atoms with Crippen LogP contribution in [0.3, 0.4) is 0 Å². The number of amides is 1. The Kier molecular flexibility index (Phi) is 4.39. The Labute approximate surface area is 142 Å². The number of hydrogen-bond donors (Lipinski definition) is 2. The highest BCUT2D eigenvalue weighted by atomic mass is 35.5. The number of nitrogens with zero attached hydrogens (tertiary/aromatic N) is 2. The Balaban J connectivity index is 2.01. The van der Waals surface area contributed by atoms with Crippen molar-refractivity contribution in [3.63, 3.8) is 0 Å². The van der Waals surface area contributed by atoms with Crippen molar-refractivity contribution in [1.82, 2.24) is 15.1 Å². The van der Waals surface area contributed by atoms with Crippen molar-refractivity contribution in [2.24, 2.45) is 0 Å². The molecule has 1 atom stereocenters. The molecule has 0 aliphatic rings. The first-order chi connectivity index (χ1) is 11.0. The number of rotatable bonds is 4. The molecule has 0 fully saturated rings. The van der Waals surface area contributed by atoms with E-state index < -0.39 is 0 Å². The summed E-state index contributed by atoms with van der Waals surface area (Å²) in [4.78, 5) is 13.7. The van der Waals surface area contributed by atoms with Crippen LogP contribution in [0.1, 0.15) is 22.3 Å². The van der Waals surface area contributed by atoms with Gasteiger partial charge in [0.25, 0.3) is 5.91 Å². The second-order valence-electron chi connectivity index (χ2n) is 5.36. The van der Waals surface area contributed by atoms with Crippen LogP contribution in [-0.2, 0) is 0 Å². The highest BCUT2D eigenvalue weighted by molar-refractivity contribution is 7.20. The molecular formula is C16H16ClN3O2S. The number of aliphatic hydroxyl groups is 1. The fourth-order valence-corrected chi connectivity index (χ4v) is 3.47. The zero-order chi connectivity index (χ0) is 16.6. The van der Waals surface area contributed by atoms with E-state index in [4.69, 9.17) is 16.7 Å². The molecule has 0 aliphatic carbocycles. The van der Waals surface area contributed by atoms with Gasteiger partial charge in [0.05, 0.1) is 22.9 Å². The Morgan fingerprint density at radius 3 is 2.78 bits per heavy atom. The number of hydrogen-bond acceptors (Lipinski definition) is 4. The molecule has 0 saturated heterocycles. The lowest BCUT2D eigenvalue weighted by molar-refractivity contribution is 0.0926. The Hall–Kier alpha value is -1.89. The third kappa shape index (κ3) is 3.10. The average molecular weight is 350 g/mol. The van der Waals surface area contributed by atoms with Gasteiger partial charge in [-0.3, -0.25) is 4.79 Å². The lowest BCUT2D eigenvalue weighted by atomic mass is 10.3. The minimum absolute atomic E-state index is 0.0891. The molecule has 2 heterocycles. The van der Waals surface area contributed by atoms with E-state index in [0.717, 1.165) is 21.6 Å². The lowest BCUT2D eigenvalue weighted by Gasteiger charge is -2.09. The molecule has 1 amide bonds. The van der Waals surface area contributed by atoms with Crippen LogP contribution in [0.25, 0.3) is 15.9 Å². The smallest absolute Gasteiger partial charge is 0.261 e. The van der Waals surface area contributed by atoms with Crippen LogP contribution in [-0.4, -0.2) is 33.4 Å². The number of nitrogens with one attached hydrogen (secondary N) is 1. The van der Waals surface area contributed by atoms with Gasteiger partial charge in [0.1, 0.15) is 4.83 Å². The second kappa shape index (κ2) is 6.31. The normalized spacial score (nSPS) is 12.5. The summed E-state index contributed by atoms with van der Waals surface area (Å²) in [6.07, 6.45) is 0. The van der Waals surface area contributed by atoms with Crippen LogP contribution < -0.4 is 5.32 Å². The summed E-state index contributed by atoms with van der Waals surface area (Å²) in [6.45, 7) is 3.58. The van der Waals surface area contributed by atoms with Crippen LogP contribution in [0.4, 0.5) is 0 Å². The van der Waals surface area contributed by atoms with Crippen LogP contribution >= 0.6 is 22.9 Å². The molecule has 0 aliphatic heterocycles. The standard InChI is InChI=1S/C16H16ClN3O2S/c1-9(8-21)18-15(22)14-7-13-10(2)19-20(16(13)23-14)12-5-3-11(17)4-6-12/h3-7,9,21H,8H2,1-2H3,(H,18,22). The molecule has 120 valence electrons. The fraction of sp³-hybridized carbons (Fsp3) is 0.250. The maximum Gasteiger partial charge on any atom is 0.261 e. The zero-order valence-corrected chi connectivity index (χ0v) is 14.3. The van der Waals surface area contributed by atoms with E-state index >= 15 is 0 Å². The quantitative estimate of drug-likeness (QED) is 0.760. The maximum absolute atomic E-state index is 12.2. The Morgan fingerprint density at radius 1 is 1.43 bits per heavy atom. The summed E-state index contributed by atoms with van der Waals surface area (Å²) in [5.74, 6) is -0.185. The van der Waals surface area contributed by atoms with Crippen molar-refractivity contribution in [3.05, 3.63) is 45.9 Å². The SMILES string of the molecule is Cc1nn(-c2ccc(Cl)cc2)c2sc(C(=O)NC(C)CO)cc12. The largest absolute Gasteiger partial charge is 0.394 e. The van der Waals surface area contributed by atoms with Gasteiger partial charge in [-0.2, -0.15) is 5.10 Å². The summed E-state index contributed by atoms with van der Waals surface area (Å²) in [6, 6.07) is 8.96. The number of carbonyl (C=O) groups excluding carboxylic acids is 1. The van der Waals surface area contributed by atoms with Gasteiger partial charge in [-0.05, 0) is 44.2 Å². The highest BCUT2D eigenvalue weighted by Gasteiger charge is 2.18. The summed E-state index contributed by atoms with van der Waals surface area (Å²) in [5.41, 5.74) is 1.76. The number of carbonyl (C=O) groups is 1. The van der Waals surface area contributed by atoms with E-state index in [1.165, 1.54) is 11.3 Å². The van der Waals surface area contributed by atoms with E-state index in [1.54, 1.807) is 6.92 Å². The van der Waals surface area contributed by atoms with Gasteiger partial charge in [0.15, 0.2) is 0 Å². The number of aromatic nitrogens is 2. The average Bonchev–Trinajstić information content (AvgIpc) is 3.09. The monoisotopic (exact) mass is 349 g/mol. The molecule has 23 heavy (non-hydrogen) atoms. The van der Waals surface area contributed by atoms with E-state index in [1.807, 2.05) is 41.9 Å². The molecule has 0 saturated carbocycles. The third-order valence-corrected chi connectivity index (χ3v) is 4.85. The molecular weight excluding hydrogens is 334 g/mol. The lowest BCUT2D eigenvalue weighted by Crippen LogP contribution is -2.34. The zero-order valence-electron chi connectivity index (χ0n) is 12.7. The number of aryl methyl sites for hydroxylation is 1. The van der Waals surface area contributed by atoms with Crippen molar-refractivity contribution in [2.45, 2.75) is 19.9 Å². The highest BCUT2D eigenvalue weighted by Crippen LogP contribution is 2.30. The van der Waals surface area contributed by atoms with E-state index in [-0.39, 0.29) is 18.6 Å². The Bertz CT molecular complexity index is 854. The van der Waals surface area contributed by atoms with Gasteiger partial charge >= 0.3 is 0 Å². The summed E-state index contributed by atoms with van der Waals surface area (Å²) >= 11 is 7.31. The van der Waals surface area contributed by atoms with Gasteiger partial charge in [0, 0.05) is 16.5 Å². The number of thiophene rings is 1. The van der Waals surface area contributed by atoms with Crippen molar-refractivity contribution in [2.75, 3.05) is 6.61 Å². The molecule has 0 spiro atoms. The first kappa shape index (κ1) is 16.0. The van der Waals surface area contributed by atoms with Gasteiger partial charge < -0.3 is 10.4 Å². The minimum atomic E-state index is -0.276. The van der Waals surface area contributed by atoms with Crippen molar-refractivity contribution < 1.29 is 9.90 Å². The number of benzene rings is 1. The molecule has 0 bridgehead atoms. The van der Waals surface area contributed by atoms with Crippen molar-refractivity contribution in [3.8, 4) is 5.69 Å². The minimum Gasteiger partial charge on any atom is -0.394 e. The molecule has 1 aromatic carbocycles. The first-order valence-electron chi connectivity index (χ1n) is 7.16. The van der Waals surface area contributed by atoms with Gasteiger partial charge in [0.2, 0.25) is 0 Å². The van der Waals surface area contributed by atoms with Gasteiger partial charge in [-0.15, -0.1) is 11.3 Å². The summed E-state index contributed by atoms with van der Waals surface area (Å²) < 4.78 is 1.82. The van der Waals surface area contributed by atoms with Crippen molar-refractivity contribution in [1.29, 1.82) is 0 Å².